The summed E-state index contributed by atoms with van der Waals surface area (Å²) in [4.78, 5) is 37.8. The predicted molar refractivity (Wildman–Crippen MR) is 136 cm³/mol. The van der Waals surface area contributed by atoms with E-state index in [2.05, 4.69) is 31.6 Å². The van der Waals surface area contributed by atoms with E-state index in [0.717, 1.165) is 22.3 Å². The van der Waals surface area contributed by atoms with E-state index in [-0.39, 0.29) is 6.42 Å². The Hall–Kier alpha value is -5.06. The maximum atomic E-state index is 12.5. The summed E-state index contributed by atoms with van der Waals surface area (Å²) < 4.78 is 0. The molecule has 0 fully saturated rings. The van der Waals surface area contributed by atoms with Crippen LogP contribution in [0.15, 0.2) is 78.9 Å². The number of nitrogens with two attached hydrogens (primary N) is 1. The Labute approximate surface area is 213 Å². The van der Waals surface area contributed by atoms with Gasteiger partial charge in [-0.05, 0) is 35.4 Å². The molecule has 1 heterocycles. The van der Waals surface area contributed by atoms with Crippen LogP contribution in [0.3, 0.4) is 0 Å². The highest BCUT2D eigenvalue weighted by molar-refractivity contribution is 5.95. The van der Waals surface area contributed by atoms with Crippen LogP contribution in [0.1, 0.15) is 39.5 Å². The number of hydrogen-bond acceptors (Lipinski definition) is 6. The summed E-state index contributed by atoms with van der Waals surface area (Å²) in [5, 5.41) is 15.1. The van der Waals surface area contributed by atoms with E-state index in [1.54, 1.807) is 36.4 Å². The first-order valence-corrected chi connectivity index (χ1v) is 11.5. The van der Waals surface area contributed by atoms with E-state index in [0.29, 0.717) is 17.9 Å². The Morgan fingerprint density at radius 2 is 1.62 bits per heavy atom. The van der Waals surface area contributed by atoms with Gasteiger partial charge in [0, 0.05) is 11.1 Å². The fraction of sp³-hybridized carbons (Fsp3) is 0.154. The lowest BCUT2D eigenvalue weighted by Crippen LogP contribution is -2.44. The lowest BCUT2D eigenvalue weighted by atomic mass is 10.0. The average Bonchev–Trinajstić information content (AvgIpc) is 3.36. The van der Waals surface area contributed by atoms with Crippen LogP contribution in [0.5, 0.6) is 0 Å². The zero-order valence-corrected chi connectivity index (χ0v) is 20.1. The van der Waals surface area contributed by atoms with Crippen molar-refractivity contribution in [3.05, 3.63) is 101 Å². The van der Waals surface area contributed by atoms with E-state index in [1.165, 1.54) is 4.80 Å². The minimum Gasteiger partial charge on any atom is -0.352 e. The minimum atomic E-state index is -0.750. The molecule has 1 atom stereocenters. The normalized spacial score (nSPS) is 11.4. The highest BCUT2D eigenvalue weighted by atomic mass is 16.2. The van der Waals surface area contributed by atoms with Crippen molar-refractivity contribution in [3.8, 4) is 11.4 Å². The molecule has 0 spiro atoms. The van der Waals surface area contributed by atoms with Gasteiger partial charge in [0.15, 0.2) is 0 Å². The molecule has 0 unspecified atom stereocenters. The highest BCUT2D eigenvalue weighted by Gasteiger charge is 2.18. The molecule has 4 rings (SSSR count). The third-order valence-corrected chi connectivity index (χ3v) is 5.53. The molecule has 1 aromatic heterocycles. The van der Waals surface area contributed by atoms with Gasteiger partial charge in [0.1, 0.15) is 0 Å². The van der Waals surface area contributed by atoms with E-state index in [9.17, 15) is 14.4 Å². The van der Waals surface area contributed by atoms with Crippen molar-refractivity contribution in [1.82, 2.24) is 36.4 Å². The number of tetrazole rings is 1. The molecule has 0 saturated carbocycles. The van der Waals surface area contributed by atoms with Crippen molar-refractivity contribution < 1.29 is 14.4 Å². The number of nitrogens with one attached hydrogen (secondary N) is 3. The smallest absolute Gasteiger partial charge is 0.312 e. The molecule has 0 saturated heterocycles. The zero-order chi connectivity index (χ0) is 26.2. The predicted octanol–water partition coefficient (Wildman–Crippen LogP) is 2.26. The maximum absolute atomic E-state index is 12.5. The van der Waals surface area contributed by atoms with Crippen molar-refractivity contribution >= 4 is 17.8 Å². The summed E-state index contributed by atoms with van der Waals surface area (Å²) in [6.45, 7) is 2.31. The molecular formula is C26H26N8O3. The largest absolute Gasteiger partial charge is 0.352 e. The number of carbonyl (C=O) groups is 3. The fourth-order valence-corrected chi connectivity index (χ4v) is 3.60. The molecule has 3 aromatic carbocycles. The topological polar surface area (TPSA) is 157 Å². The number of benzene rings is 3. The summed E-state index contributed by atoms with van der Waals surface area (Å²) in [6.07, 6.45) is -0.110. The van der Waals surface area contributed by atoms with Crippen LogP contribution in [0.2, 0.25) is 0 Å². The monoisotopic (exact) mass is 498 g/mol. The van der Waals surface area contributed by atoms with Gasteiger partial charge >= 0.3 is 6.03 Å². The number of aryl methyl sites for hydroxylation is 1. The lowest BCUT2D eigenvalue weighted by molar-refractivity contribution is -0.122. The van der Waals surface area contributed by atoms with Gasteiger partial charge in [-0.25, -0.2) is 4.79 Å². The number of primary amides is 1. The Bertz CT molecular complexity index is 1370. The first-order valence-electron chi connectivity index (χ1n) is 11.5. The van der Waals surface area contributed by atoms with E-state index < -0.39 is 23.9 Å². The number of nitrogens with zero attached hydrogens (tertiary/aromatic N) is 4. The number of carbonyl (C=O) groups excluding carboxylic acids is 3. The van der Waals surface area contributed by atoms with Crippen molar-refractivity contribution in [2.75, 3.05) is 0 Å². The molecule has 0 aliphatic rings. The maximum Gasteiger partial charge on any atom is 0.312 e. The molecule has 11 heteroatoms. The van der Waals surface area contributed by atoms with Crippen molar-refractivity contribution in [3.63, 3.8) is 0 Å². The molecule has 11 nitrogen and oxygen atoms in total. The quantitative estimate of drug-likeness (QED) is 0.273. The SMILES string of the molecule is Cc1ccc([C@H](CC(=O)NNC(=O)c2ccc(Cn3nnc(-c4ccccc4)n3)cc2)NC(N)=O)cc1. The van der Waals surface area contributed by atoms with Crippen LogP contribution >= 0.6 is 0 Å². The second-order valence-corrected chi connectivity index (χ2v) is 8.38. The summed E-state index contributed by atoms with van der Waals surface area (Å²) in [5.74, 6) is -0.446. The zero-order valence-electron chi connectivity index (χ0n) is 20.1. The fourth-order valence-electron chi connectivity index (χ4n) is 3.60. The number of hydrogen-bond donors (Lipinski definition) is 4. The minimum absolute atomic E-state index is 0.110. The number of rotatable bonds is 8. The van der Waals surface area contributed by atoms with Gasteiger partial charge in [0.05, 0.1) is 19.0 Å². The standard InChI is InChI=1S/C26H26N8O3/c1-17-7-11-19(12-8-17)22(28-26(27)37)15-23(35)29-31-25(36)21-13-9-18(10-14-21)16-34-32-24(30-33-34)20-5-3-2-4-6-20/h2-14,22H,15-16H2,1H3,(H,29,35)(H,31,36)(H3,27,28,37)/t22-/m0/s1. The number of aromatic nitrogens is 4. The van der Waals surface area contributed by atoms with Gasteiger partial charge in [-0.3, -0.25) is 20.4 Å². The van der Waals surface area contributed by atoms with E-state index in [4.69, 9.17) is 5.73 Å². The molecule has 5 N–H and O–H groups in total. The molecule has 0 aliphatic heterocycles. The Kier molecular flexibility index (Phi) is 7.84. The van der Waals surface area contributed by atoms with Crippen LogP contribution in [0, 0.1) is 6.92 Å². The summed E-state index contributed by atoms with van der Waals surface area (Å²) in [7, 11) is 0. The molecular weight excluding hydrogens is 472 g/mol. The summed E-state index contributed by atoms with van der Waals surface area (Å²) in [5.41, 5.74) is 13.9. The first-order chi connectivity index (χ1) is 17.9. The van der Waals surface area contributed by atoms with Gasteiger partial charge in [-0.1, -0.05) is 72.3 Å². The van der Waals surface area contributed by atoms with Gasteiger partial charge in [0.2, 0.25) is 11.7 Å². The van der Waals surface area contributed by atoms with Crippen LogP contribution in [0.4, 0.5) is 4.79 Å². The Balaban J connectivity index is 1.30. The van der Waals surface area contributed by atoms with Gasteiger partial charge in [-0.15, -0.1) is 10.2 Å². The molecule has 4 amide bonds. The van der Waals surface area contributed by atoms with Crippen LogP contribution in [0.25, 0.3) is 11.4 Å². The Morgan fingerprint density at radius 1 is 0.919 bits per heavy atom. The van der Waals surface area contributed by atoms with Crippen molar-refractivity contribution in [1.29, 1.82) is 0 Å². The second kappa shape index (κ2) is 11.6. The first kappa shape index (κ1) is 25.0. The van der Waals surface area contributed by atoms with Crippen molar-refractivity contribution in [2.45, 2.75) is 25.9 Å². The summed E-state index contributed by atoms with van der Waals surface area (Å²) in [6, 6.07) is 22.3. The third-order valence-electron chi connectivity index (χ3n) is 5.53. The second-order valence-electron chi connectivity index (χ2n) is 8.38. The van der Waals surface area contributed by atoms with Gasteiger partial charge in [-0.2, -0.15) is 4.80 Å². The summed E-state index contributed by atoms with van der Waals surface area (Å²) >= 11 is 0. The highest BCUT2D eigenvalue weighted by Crippen LogP contribution is 2.17. The molecule has 188 valence electrons. The molecule has 37 heavy (non-hydrogen) atoms. The van der Waals surface area contributed by atoms with E-state index in [1.807, 2.05) is 49.4 Å². The number of amides is 4. The van der Waals surface area contributed by atoms with Gasteiger partial charge < -0.3 is 11.1 Å². The third kappa shape index (κ3) is 6.98. The van der Waals surface area contributed by atoms with Crippen LogP contribution < -0.4 is 21.9 Å². The molecule has 0 bridgehead atoms. The lowest BCUT2D eigenvalue weighted by Gasteiger charge is -2.18. The molecule has 4 aromatic rings. The number of hydrazine groups is 1. The van der Waals surface area contributed by atoms with Crippen molar-refractivity contribution in [2.24, 2.45) is 5.73 Å². The average molecular weight is 499 g/mol. The number of urea groups is 1. The van der Waals surface area contributed by atoms with Gasteiger partial charge in [0.25, 0.3) is 5.91 Å². The van der Waals surface area contributed by atoms with E-state index >= 15 is 0 Å². The Morgan fingerprint density at radius 3 is 2.30 bits per heavy atom. The van der Waals surface area contributed by atoms with Crippen LogP contribution in [-0.2, 0) is 11.3 Å². The molecule has 0 radical (unpaired) electrons. The molecule has 0 aliphatic carbocycles. The van der Waals surface area contributed by atoms with Crippen LogP contribution in [-0.4, -0.2) is 38.1 Å².